The molecule has 0 spiro atoms. The van der Waals surface area contributed by atoms with Crippen LogP contribution in [0.4, 0.5) is 0 Å². The van der Waals surface area contributed by atoms with Gasteiger partial charge in [-0.25, -0.2) is 4.99 Å². The van der Waals surface area contributed by atoms with E-state index < -0.39 is 0 Å². The summed E-state index contributed by atoms with van der Waals surface area (Å²) in [7, 11) is 1.94. The molecule has 0 atom stereocenters. The molecule has 6 heteroatoms. The number of aryl methyl sites for hydroxylation is 2. The topological polar surface area (TPSA) is 68.2 Å². The summed E-state index contributed by atoms with van der Waals surface area (Å²) in [5.74, 6) is 0.515. The minimum Gasteiger partial charge on any atom is -0.370 e. The molecule has 0 saturated heterocycles. The summed E-state index contributed by atoms with van der Waals surface area (Å²) in [6.07, 6.45) is 2.27. The highest BCUT2D eigenvalue weighted by atomic mass is 127. The zero-order chi connectivity index (χ0) is 12.8. The lowest BCUT2D eigenvalue weighted by Crippen LogP contribution is -2.32. The molecule has 0 aromatic carbocycles. The second-order valence-corrected chi connectivity index (χ2v) is 4.25. The van der Waals surface area contributed by atoms with Gasteiger partial charge in [-0.2, -0.15) is 5.10 Å². The first-order chi connectivity index (χ1) is 8.06. The van der Waals surface area contributed by atoms with E-state index in [1.165, 1.54) is 0 Å². The van der Waals surface area contributed by atoms with Gasteiger partial charge in [0.2, 0.25) is 0 Å². The van der Waals surface area contributed by atoms with Gasteiger partial charge in [0.15, 0.2) is 5.96 Å². The number of rotatable bonds is 5. The van der Waals surface area contributed by atoms with E-state index in [0.717, 1.165) is 36.3 Å². The number of aliphatic imine (C=N–C) groups is 1. The third kappa shape index (κ3) is 4.83. The van der Waals surface area contributed by atoms with Gasteiger partial charge in [-0.3, -0.25) is 4.68 Å². The molecule has 0 bridgehead atoms. The largest absolute Gasteiger partial charge is 0.370 e. The van der Waals surface area contributed by atoms with Crippen LogP contribution in [0.2, 0.25) is 0 Å². The van der Waals surface area contributed by atoms with Crippen molar-refractivity contribution >= 4 is 29.9 Å². The number of aromatic nitrogens is 2. The Morgan fingerprint density at radius 3 is 2.61 bits per heavy atom. The third-order valence-electron chi connectivity index (χ3n) is 2.90. The number of unbranched alkanes of at least 4 members (excludes halogenated alkanes) is 1. The Morgan fingerprint density at radius 1 is 1.44 bits per heavy atom. The average molecular weight is 365 g/mol. The lowest BCUT2D eigenvalue weighted by molar-refractivity contribution is 0.729. The Bertz CT molecular complexity index is 397. The number of nitrogens with one attached hydrogen (secondary N) is 1. The van der Waals surface area contributed by atoms with E-state index in [1.807, 2.05) is 25.6 Å². The number of guanidine groups is 1. The highest BCUT2D eigenvalue weighted by molar-refractivity contribution is 14.0. The number of halogens is 1. The summed E-state index contributed by atoms with van der Waals surface area (Å²) >= 11 is 0. The molecule has 0 amide bonds. The fourth-order valence-corrected chi connectivity index (χ4v) is 1.66. The standard InChI is InChI=1S/C12H23N5.HI/c1-5-6-7-14-12(13)15-8-11-9(2)16-17(4)10(11)3;/h5-8H2,1-4H3,(H3,13,14,15);1H. The Morgan fingerprint density at radius 2 is 2.11 bits per heavy atom. The Labute approximate surface area is 126 Å². The van der Waals surface area contributed by atoms with Crippen LogP contribution < -0.4 is 11.1 Å². The zero-order valence-corrected chi connectivity index (χ0v) is 14.0. The molecule has 1 aromatic heterocycles. The van der Waals surface area contributed by atoms with Gasteiger partial charge in [-0.15, -0.1) is 24.0 Å². The molecule has 1 aromatic rings. The van der Waals surface area contributed by atoms with Crippen molar-refractivity contribution in [2.75, 3.05) is 6.54 Å². The smallest absolute Gasteiger partial charge is 0.188 e. The van der Waals surface area contributed by atoms with Crippen LogP contribution in [0.3, 0.4) is 0 Å². The summed E-state index contributed by atoms with van der Waals surface area (Å²) in [5.41, 5.74) is 9.11. The summed E-state index contributed by atoms with van der Waals surface area (Å²) in [4.78, 5) is 4.33. The fourth-order valence-electron chi connectivity index (χ4n) is 1.66. The van der Waals surface area contributed by atoms with E-state index in [1.54, 1.807) is 0 Å². The quantitative estimate of drug-likeness (QED) is 0.362. The Hall–Kier alpha value is -0.790. The Kier molecular flexibility index (Phi) is 7.97. The molecule has 1 rings (SSSR count). The Balaban J connectivity index is 0.00000289. The molecule has 0 unspecified atom stereocenters. The van der Waals surface area contributed by atoms with E-state index in [9.17, 15) is 0 Å². The molecule has 0 aliphatic rings. The summed E-state index contributed by atoms with van der Waals surface area (Å²) in [5, 5.41) is 7.45. The van der Waals surface area contributed by atoms with Crippen LogP contribution in [0.15, 0.2) is 4.99 Å². The van der Waals surface area contributed by atoms with Gasteiger partial charge in [0, 0.05) is 24.8 Å². The minimum absolute atomic E-state index is 0. The second-order valence-electron chi connectivity index (χ2n) is 4.25. The predicted octanol–water partition coefficient (Wildman–Crippen LogP) is 1.86. The monoisotopic (exact) mass is 365 g/mol. The number of nitrogens with zero attached hydrogens (tertiary/aromatic N) is 3. The first-order valence-electron chi connectivity index (χ1n) is 6.09. The number of nitrogens with two attached hydrogens (primary N) is 1. The lowest BCUT2D eigenvalue weighted by Gasteiger charge is -2.04. The molecular formula is C12H24IN5. The molecule has 0 saturated carbocycles. The maximum atomic E-state index is 5.78. The molecule has 3 N–H and O–H groups in total. The van der Waals surface area contributed by atoms with Gasteiger partial charge in [0.1, 0.15) is 0 Å². The molecule has 104 valence electrons. The van der Waals surface area contributed by atoms with Crippen molar-refractivity contribution in [1.82, 2.24) is 15.1 Å². The molecule has 0 fully saturated rings. The summed E-state index contributed by atoms with van der Waals surface area (Å²) < 4.78 is 1.88. The summed E-state index contributed by atoms with van der Waals surface area (Å²) in [6, 6.07) is 0. The highest BCUT2D eigenvalue weighted by Crippen LogP contribution is 2.12. The van der Waals surface area contributed by atoms with Crippen molar-refractivity contribution < 1.29 is 0 Å². The van der Waals surface area contributed by atoms with Crippen LogP contribution in [0, 0.1) is 13.8 Å². The summed E-state index contributed by atoms with van der Waals surface area (Å²) in [6.45, 7) is 7.68. The number of hydrogen-bond donors (Lipinski definition) is 2. The van der Waals surface area contributed by atoms with Crippen LogP contribution in [-0.2, 0) is 13.6 Å². The van der Waals surface area contributed by atoms with Crippen LogP contribution in [0.25, 0.3) is 0 Å². The SMILES string of the molecule is CCCCNC(N)=NCc1c(C)nn(C)c1C.I. The van der Waals surface area contributed by atoms with Gasteiger partial charge in [0.05, 0.1) is 12.2 Å². The molecule has 0 aliphatic heterocycles. The van der Waals surface area contributed by atoms with E-state index in [0.29, 0.717) is 12.5 Å². The van der Waals surface area contributed by atoms with Crippen molar-refractivity contribution in [3.05, 3.63) is 17.0 Å². The molecule has 5 nitrogen and oxygen atoms in total. The van der Waals surface area contributed by atoms with Gasteiger partial charge in [-0.05, 0) is 20.3 Å². The maximum Gasteiger partial charge on any atom is 0.188 e. The number of hydrogen-bond acceptors (Lipinski definition) is 2. The van der Waals surface area contributed by atoms with Gasteiger partial charge < -0.3 is 11.1 Å². The highest BCUT2D eigenvalue weighted by Gasteiger charge is 2.08. The molecule has 0 aliphatic carbocycles. The normalized spacial score (nSPS) is 11.2. The van der Waals surface area contributed by atoms with Crippen molar-refractivity contribution in [2.45, 2.75) is 40.2 Å². The van der Waals surface area contributed by atoms with Crippen molar-refractivity contribution in [2.24, 2.45) is 17.8 Å². The van der Waals surface area contributed by atoms with E-state index in [2.05, 4.69) is 22.3 Å². The van der Waals surface area contributed by atoms with Crippen LogP contribution in [0.5, 0.6) is 0 Å². The van der Waals surface area contributed by atoms with Crippen molar-refractivity contribution in [3.8, 4) is 0 Å². The first kappa shape index (κ1) is 17.2. The van der Waals surface area contributed by atoms with Crippen molar-refractivity contribution in [3.63, 3.8) is 0 Å². The molecular weight excluding hydrogens is 341 g/mol. The van der Waals surface area contributed by atoms with E-state index in [-0.39, 0.29) is 24.0 Å². The fraction of sp³-hybridized carbons (Fsp3) is 0.667. The predicted molar refractivity (Wildman–Crippen MR) is 86.3 cm³/mol. The molecule has 18 heavy (non-hydrogen) atoms. The van der Waals surface area contributed by atoms with E-state index >= 15 is 0 Å². The van der Waals surface area contributed by atoms with Crippen LogP contribution in [0.1, 0.15) is 36.7 Å². The first-order valence-corrected chi connectivity index (χ1v) is 6.09. The minimum atomic E-state index is 0. The lowest BCUT2D eigenvalue weighted by atomic mass is 10.2. The molecule has 1 heterocycles. The van der Waals surface area contributed by atoms with Crippen LogP contribution >= 0.6 is 24.0 Å². The van der Waals surface area contributed by atoms with Gasteiger partial charge >= 0.3 is 0 Å². The van der Waals surface area contributed by atoms with Gasteiger partial charge in [-0.1, -0.05) is 13.3 Å². The van der Waals surface area contributed by atoms with Gasteiger partial charge in [0.25, 0.3) is 0 Å². The van der Waals surface area contributed by atoms with Crippen LogP contribution in [-0.4, -0.2) is 22.3 Å². The van der Waals surface area contributed by atoms with Crippen molar-refractivity contribution in [1.29, 1.82) is 0 Å². The average Bonchev–Trinajstić information content (AvgIpc) is 2.51. The second kappa shape index (κ2) is 8.34. The zero-order valence-electron chi connectivity index (χ0n) is 11.7. The molecule has 0 radical (unpaired) electrons. The maximum absolute atomic E-state index is 5.78. The van der Waals surface area contributed by atoms with E-state index in [4.69, 9.17) is 5.73 Å². The third-order valence-corrected chi connectivity index (χ3v) is 2.90.